The van der Waals surface area contributed by atoms with E-state index in [2.05, 4.69) is 16.0 Å². The predicted octanol–water partition coefficient (Wildman–Crippen LogP) is 5.16. The summed E-state index contributed by atoms with van der Waals surface area (Å²) < 4.78 is 5.62. The number of carbonyl (C=O) groups is 2. The number of amides is 2. The van der Waals surface area contributed by atoms with Gasteiger partial charge in [0.25, 0.3) is 11.8 Å². The van der Waals surface area contributed by atoms with Crippen LogP contribution in [0.2, 0.25) is 0 Å². The van der Waals surface area contributed by atoms with Gasteiger partial charge in [-0.2, -0.15) is 0 Å². The molecule has 0 fully saturated rings. The highest BCUT2D eigenvalue weighted by molar-refractivity contribution is 7.80. The Balaban J connectivity index is 1.56. The number of benzene rings is 3. The molecule has 0 heterocycles. The molecule has 0 unspecified atom stereocenters. The normalized spacial score (nSPS) is 10.4. The van der Waals surface area contributed by atoms with E-state index in [0.29, 0.717) is 28.3 Å². The minimum atomic E-state index is -0.334. The smallest absolute Gasteiger partial charge is 0.257 e. The number of ether oxygens (including phenoxy) is 1. The second kappa shape index (κ2) is 10.5. The van der Waals surface area contributed by atoms with Crippen molar-refractivity contribution in [3.8, 4) is 5.75 Å². The fourth-order valence-electron chi connectivity index (χ4n) is 2.98. The van der Waals surface area contributed by atoms with Gasteiger partial charge in [0.1, 0.15) is 5.75 Å². The van der Waals surface area contributed by atoms with Crippen molar-refractivity contribution in [2.75, 3.05) is 10.6 Å². The Bertz CT molecular complexity index is 1130. The summed E-state index contributed by atoms with van der Waals surface area (Å²) in [6.07, 6.45) is 0.0144. The Morgan fingerprint density at radius 1 is 0.844 bits per heavy atom. The van der Waals surface area contributed by atoms with Crippen molar-refractivity contribution < 1.29 is 14.3 Å². The van der Waals surface area contributed by atoms with E-state index in [1.165, 1.54) is 0 Å². The molecule has 0 aromatic heterocycles. The zero-order chi connectivity index (χ0) is 23.1. The first kappa shape index (κ1) is 23.0. The van der Waals surface area contributed by atoms with Crippen molar-refractivity contribution in [2.45, 2.75) is 26.9 Å². The average molecular weight is 448 g/mol. The molecule has 164 valence electrons. The predicted molar refractivity (Wildman–Crippen MR) is 131 cm³/mol. The topological polar surface area (TPSA) is 79.5 Å². The summed E-state index contributed by atoms with van der Waals surface area (Å²) in [7, 11) is 0. The van der Waals surface area contributed by atoms with Crippen molar-refractivity contribution in [3.05, 3.63) is 89.5 Å². The van der Waals surface area contributed by atoms with E-state index >= 15 is 0 Å². The second-order valence-electron chi connectivity index (χ2n) is 7.45. The lowest BCUT2D eigenvalue weighted by Crippen LogP contribution is -2.34. The first-order valence-corrected chi connectivity index (χ1v) is 10.6. The highest BCUT2D eigenvalue weighted by Gasteiger charge is 2.11. The van der Waals surface area contributed by atoms with E-state index in [0.717, 1.165) is 5.56 Å². The van der Waals surface area contributed by atoms with Gasteiger partial charge in [-0.05, 0) is 87.1 Å². The van der Waals surface area contributed by atoms with E-state index in [1.807, 2.05) is 39.0 Å². The lowest BCUT2D eigenvalue weighted by Gasteiger charge is -2.13. The first-order valence-electron chi connectivity index (χ1n) is 10.2. The number of hydrogen-bond acceptors (Lipinski definition) is 4. The van der Waals surface area contributed by atoms with Crippen molar-refractivity contribution in [3.63, 3.8) is 0 Å². The minimum absolute atomic E-state index is 0.0144. The van der Waals surface area contributed by atoms with Gasteiger partial charge in [0.05, 0.1) is 6.10 Å². The summed E-state index contributed by atoms with van der Waals surface area (Å²) >= 11 is 5.25. The maximum Gasteiger partial charge on any atom is 0.257 e. The van der Waals surface area contributed by atoms with Gasteiger partial charge in [-0.15, -0.1) is 0 Å². The fraction of sp³-hybridized carbons (Fsp3) is 0.160. The molecule has 6 nitrogen and oxygen atoms in total. The van der Waals surface area contributed by atoms with Gasteiger partial charge in [-0.25, -0.2) is 0 Å². The number of rotatable bonds is 6. The Morgan fingerprint density at radius 2 is 1.50 bits per heavy atom. The Labute approximate surface area is 193 Å². The number of carbonyl (C=O) groups excluding carboxylic acids is 2. The Kier molecular flexibility index (Phi) is 7.57. The molecule has 32 heavy (non-hydrogen) atoms. The van der Waals surface area contributed by atoms with Gasteiger partial charge in [-0.1, -0.05) is 24.3 Å². The van der Waals surface area contributed by atoms with Crippen LogP contribution in [0.15, 0.2) is 72.8 Å². The van der Waals surface area contributed by atoms with Crippen molar-refractivity contribution >= 4 is 40.5 Å². The summed E-state index contributed by atoms with van der Waals surface area (Å²) in [5.74, 6) is 0.115. The quantitative estimate of drug-likeness (QED) is 0.455. The number of thiocarbonyl (C=S) groups is 1. The summed E-state index contributed by atoms with van der Waals surface area (Å²) in [6, 6.07) is 21.4. The minimum Gasteiger partial charge on any atom is -0.491 e. The van der Waals surface area contributed by atoms with E-state index in [4.69, 9.17) is 17.0 Å². The third kappa shape index (κ3) is 6.39. The van der Waals surface area contributed by atoms with Crippen LogP contribution in [-0.2, 0) is 0 Å². The summed E-state index contributed by atoms with van der Waals surface area (Å²) in [5.41, 5.74) is 3.32. The maximum atomic E-state index is 12.5. The van der Waals surface area contributed by atoms with Crippen LogP contribution in [0, 0.1) is 6.92 Å². The third-order valence-corrected chi connectivity index (χ3v) is 4.69. The highest BCUT2D eigenvalue weighted by atomic mass is 32.1. The van der Waals surface area contributed by atoms with Crippen molar-refractivity contribution in [1.29, 1.82) is 0 Å². The van der Waals surface area contributed by atoms with Gasteiger partial charge < -0.3 is 15.4 Å². The molecule has 7 heteroatoms. The number of aryl methyl sites for hydroxylation is 1. The molecule has 2 amide bonds. The van der Waals surface area contributed by atoms with Crippen LogP contribution >= 0.6 is 12.2 Å². The number of anilines is 2. The summed E-state index contributed by atoms with van der Waals surface area (Å²) in [6.45, 7) is 5.74. The molecular formula is C25H25N3O3S. The molecule has 0 spiro atoms. The SMILES string of the molecule is Cc1ccccc1C(=O)Nc1ccc(NC(=S)NC(=O)c2cccc(OC(C)C)c2)cc1. The molecule has 0 aliphatic rings. The molecule has 0 saturated heterocycles. The van der Waals surface area contributed by atoms with E-state index in [-0.39, 0.29) is 23.0 Å². The summed E-state index contributed by atoms with van der Waals surface area (Å²) in [4.78, 5) is 24.9. The van der Waals surface area contributed by atoms with Crippen LogP contribution in [0.4, 0.5) is 11.4 Å². The number of nitrogens with one attached hydrogen (secondary N) is 3. The zero-order valence-corrected chi connectivity index (χ0v) is 19.0. The molecule has 0 aliphatic carbocycles. The lowest BCUT2D eigenvalue weighted by atomic mass is 10.1. The van der Waals surface area contributed by atoms with Gasteiger partial charge in [0.2, 0.25) is 0 Å². The summed E-state index contributed by atoms with van der Waals surface area (Å²) in [5, 5.41) is 8.66. The van der Waals surface area contributed by atoms with Crippen LogP contribution in [0.5, 0.6) is 5.75 Å². The molecule has 0 bridgehead atoms. The van der Waals surface area contributed by atoms with Crippen LogP contribution in [0.1, 0.15) is 40.1 Å². The molecule has 0 saturated carbocycles. The van der Waals surface area contributed by atoms with Gasteiger partial charge in [0.15, 0.2) is 5.11 Å². The van der Waals surface area contributed by atoms with Crippen LogP contribution < -0.4 is 20.7 Å². The largest absolute Gasteiger partial charge is 0.491 e. The zero-order valence-electron chi connectivity index (χ0n) is 18.1. The lowest BCUT2D eigenvalue weighted by molar-refractivity contribution is 0.0975. The van der Waals surface area contributed by atoms with Crippen molar-refractivity contribution in [1.82, 2.24) is 5.32 Å². The first-order chi connectivity index (χ1) is 15.3. The third-order valence-electron chi connectivity index (χ3n) is 4.49. The Morgan fingerprint density at radius 3 is 2.16 bits per heavy atom. The highest BCUT2D eigenvalue weighted by Crippen LogP contribution is 2.17. The van der Waals surface area contributed by atoms with E-state index in [1.54, 1.807) is 54.6 Å². The van der Waals surface area contributed by atoms with Crippen LogP contribution in [0.25, 0.3) is 0 Å². The van der Waals surface area contributed by atoms with Gasteiger partial charge in [-0.3, -0.25) is 14.9 Å². The van der Waals surface area contributed by atoms with Gasteiger partial charge in [0, 0.05) is 22.5 Å². The van der Waals surface area contributed by atoms with Crippen molar-refractivity contribution in [2.24, 2.45) is 0 Å². The monoisotopic (exact) mass is 447 g/mol. The van der Waals surface area contributed by atoms with Crippen LogP contribution in [0.3, 0.4) is 0 Å². The molecular weight excluding hydrogens is 422 g/mol. The average Bonchev–Trinajstić information content (AvgIpc) is 2.75. The fourth-order valence-corrected chi connectivity index (χ4v) is 3.19. The second-order valence-corrected chi connectivity index (χ2v) is 7.86. The van der Waals surface area contributed by atoms with E-state index < -0.39 is 0 Å². The number of hydrogen-bond donors (Lipinski definition) is 3. The molecule has 0 atom stereocenters. The standard InChI is InChI=1S/C25H25N3O3S/c1-16(2)31-21-9-6-8-18(15-21)23(29)28-25(32)27-20-13-11-19(12-14-20)26-24(30)22-10-5-4-7-17(22)3/h4-16H,1-3H3,(H,26,30)(H2,27,28,29,32). The molecule has 0 radical (unpaired) electrons. The Hall–Kier alpha value is -3.71. The molecule has 3 aromatic carbocycles. The molecule has 3 N–H and O–H groups in total. The van der Waals surface area contributed by atoms with Gasteiger partial charge >= 0.3 is 0 Å². The van der Waals surface area contributed by atoms with Crippen LogP contribution in [-0.4, -0.2) is 23.0 Å². The molecule has 0 aliphatic heterocycles. The molecule has 3 rings (SSSR count). The van der Waals surface area contributed by atoms with E-state index in [9.17, 15) is 9.59 Å². The molecule has 3 aromatic rings. The maximum absolute atomic E-state index is 12.5.